The Morgan fingerprint density at radius 2 is 1.61 bits per heavy atom. The number of ether oxygens (including phenoxy) is 4. The number of benzene rings is 2. The topological polar surface area (TPSA) is 54.0 Å². The van der Waals surface area contributed by atoms with Crippen LogP contribution in [0.3, 0.4) is 0 Å². The lowest BCUT2D eigenvalue weighted by molar-refractivity contribution is -0.136. The minimum Gasteiger partial charge on any atom is -0.493 e. The maximum Gasteiger partial charge on any atom is 0.349 e. The minimum absolute atomic E-state index is 0.203. The van der Waals surface area contributed by atoms with Crippen molar-refractivity contribution >= 4 is 5.97 Å². The van der Waals surface area contributed by atoms with Gasteiger partial charge in [0.2, 0.25) is 5.75 Å². The zero-order valence-corrected chi connectivity index (χ0v) is 13.7. The molecular formula is C18H20O5. The quantitative estimate of drug-likeness (QED) is 0.604. The van der Waals surface area contributed by atoms with Gasteiger partial charge in [0.25, 0.3) is 0 Å². The van der Waals surface area contributed by atoms with E-state index in [4.69, 9.17) is 18.9 Å². The second kappa shape index (κ2) is 7.54. The van der Waals surface area contributed by atoms with Gasteiger partial charge in [-0.2, -0.15) is 0 Å². The van der Waals surface area contributed by atoms with E-state index >= 15 is 0 Å². The molecule has 0 fully saturated rings. The fraction of sp³-hybridized carbons (Fsp3) is 0.278. The number of carbonyl (C=O) groups excluding carboxylic acids is 1. The fourth-order valence-corrected chi connectivity index (χ4v) is 2.06. The van der Waals surface area contributed by atoms with Crippen molar-refractivity contribution in [1.82, 2.24) is 0 Å². The lowest BCUT2D eigenvalue weighted by atomic mass is 10.1. The third-order valence-electron chi connectivity index (χ3n) is 3.29. The normalized spacial score (nSPS) is 10.1. The molecule has 0 atom stereocenters. The maximum atomic E-state index is 12.1. The number of esters is 1. The van der Waals surface area contributed by atoms with Crippen molar-refractivity contribution in [1.29, 1.82) is 0 Å². The largest absolute Gasteiger partial charge is 0.493 e. The molecule has 0 bridgehead atoms. The van der Waals surface area contributed by atoms with Gasteiger partial charge in [-0.3, -0.25) is 0 Å². The number of carbonyl (C=O) groups is 1. The Morgan fingerprint density at radius 1 is 0.957 bits per heavy atom. The van der Waals surface area contributed by atoms with Crippen LogP contribution in [0.1, 0.15) is 11.1 Å². The smallest absolute Gasteiger partial charge is 0.349 e. The van der Waals surface area contributed by atoms with Gasteiger partial charge >= 0.3 is 5.97 Å². The molecule has 5 heteroatoms. The predicted octanol–water partition coefficient (Wildman–Crippen LogP) is 3.31. The van der Waals surface area contributed by atoms with E-state index in [1.165, 1.54) is 14.2 Å². The van der Waals surface area contributed by atoms with E-state index in [2.05, 4.69) is 0 Å². The highest BCUT2D eigenvalue weighted by molar-refractivity contribution is 5.76. The first-order chi connectivity index (χ1) is 11.0. The molecule has 0 unspecified atom stereocenters. The van der Waals surface area contributed by atoms with Crippen molar-refractivity contribution in [3.8, 4) is 23.0 Å². The highest BCUT2D eigenvalue weighted by Gasteiger charge is 2.16. The molecule has 23 heavy (non-hydrogen) atoms. The van der Waals surface area contributed by atoms with E-state index < -0.39 is 5.97 Å². The summed E-state index contributed by atoms with van der Waals surface area (Å²) in [6.07, 6.45) is 0. The monoisotopic (exact) mass is 316 g/mol. The van der Waals surface area contributed by atoms with Crippen molar-refractivity contribution < 1.29 is 23.7 Å². The molecule has 0 radical (unpaired) electrons. The Kier molecular flexibility index (Phi) is 5.46. The summed E-state index contributed by atoms with van der Waals surface area (Å²) in [5.41, 5.74) is 2.02. The molecule has 0 aliphatic carbocycles. The van der Waals surface area contributed by atoms with Crippen LogP contribution in [-0.2, 0) is 4.79 Å². The lowest BCUT2D eigenvalue weighted by Crippen LogP contribution is -2.18. The number of hydrogen-bond donors (Lipinski definition) is 0. The van der Waals surface area contributed by atoms with Gasteiger partial charge in [0.1, 0.15) is 5.75 Å². The van der Waals surface area contributed by atoms with Crippen LogP contribution in [0.4, 0.5) is 0 Å². The first-order valence-corrected chi connectivity index (χ1v) is 7.17. The average molecular weight is 316 g/mol. The van der Waals surface area contributed by atoms with E-state index in [1.54, 1.807) is 18.2 Å². The molecule has 5 nitrogen and oxygen atoms in total. The van der Waals surface area contributed by atoms with E-state index in [1.807, 2.05) is 32.0 Å². The third-order valence-corrected chi connectivity index (χ3v) is 3.29. The Morgan fingerprint density at radius 3 is 2.22 bits per heavy atom. The third kappa shape index (κ3) is 4.16. The Balaban J connectivity index is 2.07. The Labute approximate surface area is 135 Å². The van der Waals surface area contributed by atoms with Crippen LogP contribution in [0.2, 0.25) is 0 Å². The van der Waals surface area contributed by atoms with E-state index in [9.17, 15) is 4.79 Å². The van der Waals surface area contributed by atoms with Gasteiger partial charge < -0.3 is 18.9 Å². The summed E-state index contributed by atoms with van der Waals surface area (Å²) in [6, 6.07) is 10.9. The van der Waals surface area contributed by atoms with Crippen LogP contribution < -0.4 is 18.9 Å². The summed E-state index contributed by atoms with van der Waals surface area (Å²) in [4.78, 5) is 12.1. The summed E-state index contributed by atoms with van der Waals surface area (Å²) in [7, 11) is 3.00. The molecule has 0 saturated heterocycles. The van der Waals surface area contributed by atoms with Gasteiger partial charge in [-0.1, -0.05) is 18.2 Å². The van der Waals surface area contributed by atoms with Crippen LogP contribution in [0, 0.1) is 13.8 Å². The number of aryl methyl sites for hydroxylation is 2. The second-order valence-corrected chi connectivity index (χ2v) is 5.02. The lowest BCUT2D eigenvalue weighted by Gasteiger charge is -2.13. The highest BCUT2D eigenvalue weighted by Crippen LogP contribution is 2.36. The van der Waals surface area contributed by atoms with Crippen molar-refractivity contribution in [2.45, 2.75) is 13.8 Å². The molecule has 0 N–H and O–H groups in total. The molecule has 0 aromatic heterocycles. The van der Waals surface area contributed by atoms with Crippen molar-refractivity contribution in [3.05, 3.63) is 47.5 Å². The first kappa shape index (κ1) is 16.7. The summed E-state index contributed by atoms with van der Waals surface area (Å²) in [5, 5.41) is 0. The summed E-state index contributed by atoms with van der Waals surface area (Å²) in [6.45, 7) is 3.68. The molecule has 0 aliphatic heterocycles. The van der Waals surface area contributed by atoms with Gasteiger partial charge in [0.15, 0.2) is 18.1 Å². The zero-order chi connectivity index (χ0) is 16.8. The van der Waals surface area contributed by atoms with Gasteiger partial charge in [-0.05, 0) is 43.2 Å². The van der Waals surface area contributed by atoms with E-state index in [0.717, 1.165) is 11.1 Å². The fourth-order valence-electron chi connectivity index (χ4n) is 2.06. The SMILES string of the molecule is COc1cccc(OC)c1OC(=O)COc1cc(C)ccc1C. The van der Waals surface area contributed by atoms with Crippen LogP contribution >= 0.6 is 0 Å². The average Bonchev–Trinajstić information content (AvgIpc) is 2.55. The van der Waals surface area contributed by atoms with Gasteiger partial charge in [-0.25, -0.2) is 4.79 Å². The Bertz CT molecular complexity index is 672. The second-order valence-electron chi connectivity index (χ2n) is 5.02. The van der Waals surface area contributed by atoms with Gasteiger partial charge in [-0.15, -0.1) is 0 Å². The molecule has 2 rings (SSSR count). The Hall–Kier alpha value is -2.69. The van der Waals surface area contributed by atoms with Crippen LogP contribution in [0.15, 0.2) is 36.4 Å². The molecule has 0 heterocycles. The van der Waals surface area contributed by atoms with Crippen LogP contribution in [0.25, 0.3) is 0 Å². The number of rotatable bonds is 6. The van der Waals surface area contributed by atoms with Crippen molar-refractivity contribution in [2.24, 2.45) is 0 Å². The molecule has 0 aliphatic rings. The van der Waals surface area contributed by atoms with Crippen molar-refractivity contribution in [3.63, 3.8) is 0 Å². The molecule has 0 saturated carbocycles. The predicted molar refractivity (Wildman–Crippen MR) is 86.6 cm³/mol. The molecule has 122 valence electrons. The molecule has 2 aromatic rings. The number of hydrogen-bond acceptors (Lipinski definition) is 5. The van der Waals surface area contributed by atoms with Crippen molar-refractivity contribution in [2.75, 3.05) is 20.8 Å². The molecule has 0 spiro atoms. The highest BCUT2D eigenvalue weighted by atomic mass is 16.6. The van der Waals surface area contributed by atoms with E-state index in [-0.39, 0.29) is 12.4 Å². The van der Waals surface area contributed by atoms with Crippen LogP contribution in [0.5, 0.6) is 23.0 Å². The summed E-state index contributed by atoms with van der Waals surface area (Å²) in [5.74, 6) is 1.21. The summed E-state index contributed by atoms with van der Waals surface area (Å²) >= 11 is 0. The standard InChI is InChI=1S/C18H20O5/c1-12-8-9-13(2)16(10-12)22-11-17(19)23-18-14(20-3)6-5-7-15(18)21-4/h5-10H,11H2,1-4H3. The summed E-state index contributed by atoms with van der Waals surface area (Å²) < 4.78 is 21.3. The molecular weight excluding hydrogens is 296 g/mol. The van der Waals surface area contributed by atoms with Crippen LogP contribution in [-0.4, -0.2) is 26.8 Å². The maximum absolute atomic E-state index is 12.1. The zero-order valence-electron chi connectivity index (χ0n) is 13.7. The van der Waals surface area contributed by atoms with E-state index in [0.29, 0.717) is 17.2 Å². The van der Waals surface area contributed by atoms with Gasteiger partial charge in [0, 0.05) is 0 Å². The first-order valence-electron chi connectivity index (χ1n) is 7.17. The molecule has 0 amide bonds. The number of para-hydroxylation sites is 1. The molecule has 2 aromatic carbocycles. The minimum atomic E-state index is -0.534. The number of methoxy groups -OCH3 is 2. The van der Waals surface area contributed by atoms with Gasteiger partial charge in [0.05, 0.1) is 14.2 Å².